The number of guanidine groups is 1. The number of aliphatic imine (C=N–C) groups is 1. The molecule has 18 heavy (non-hydrogen) atoms. The van der Waals surface area contributed by atoms with E-state index in [1.54, 1.807) is 0 Å². The minimum absolute atomic E-state index is 0.436. The minimum atomic E-state index is 0.436. The first-order chi connectivity index (χ1) is 8.81. The molecule has 0 aromatic carbocycles. The molecule has 0 bridgehead atoms. The van der Waals surface area contributed by atoms with E-state index in [9.17, 15) is 0 Å². The maximum atomic E-state index is 5.61. The van der Waals surface area contributed by atoms with Crippen molar-refractivity contribution in [1.82, 2.24) is 10.3 Å². The molecule has 1 rings (SSSR count). The largest absolute Gasteiger partial charge is 0.380 e. The highest BCUT2D eigenvalue weighted by Crippen LogP contribution is 2.20. The zero-order chi connectivity index (χ0) is 13.2. The summed E-state index contributed by atoms with van der Waals surface area (Å²) < 4.78 is 5.39. The normalized spacial score (nSPS) is 17.8. The van der Waals surface area contributed by atoms with Gasteiger partial charge in [0.1, 0.15) is 0 Å². The Morgan fingerprint density at radius 2 is 2.06 bits per heavy atom. The summed E-state index contributed by atoms with van der Waals surface area (Å²) in [5, 5.41) is 0. The van der Waals surface area contributed by atoms with E-state index < -0.39 is 0 Å². The summed E-state index contributed by atoms with van der Waals surface area (Å²) in [4.78, 5) is 6.90. The van der Waals surface area contributed by atoms with Gasteiger partial charge in [0, 0.05) is 19.7 Å². The highest BCUT2D eigenvalue weighted by molar-refractivity contribution is 5.79. The second kappa shape index (κ2) is 9.16. The Hall–Kier alpha value is -0.810. The van der Waals surface area contributed by atoms with Crippen molar-refractivity contribution in [1.29, 1.82) is 0 Å². The molecule has 1 aliphatic carbocycles. The lowest BCUT2D eigenvalue weighted by atomic mass is 9.96. The van der Waals surface area contributed by atoms with Gasteiger partial charge in [0.25, 0.3) is 0 Å². The lowest BCUT2D eigenvalue weighted by Gasteiger charge is -2.26. The van der Waals surface area contributed by atoms with Crippen molar-refractivity contribution in [3.05, 3.63) is 0 Å². The van der Waals surface area contributed by atoms with Gasteiger partial charge in [0.05, 0.1) is 12.6 Å². The third kappa shape index (κ3) is 5.23. The quantitative estimate of drug-likeness (QED) is 0.248. The smallest absolute Gasteiger partial charge is 0.208 e. The molecule has 1 fully saturated rings. The van der Waals surface area contributed by atoms with Gasteiger partial charge >= 0.3 is 0 Å². The highest BCUT2D eigenvalue weighted by atomic mass is 16.5. The first kappa shape index (κ1) is 15.2. The van der Waals surface area contributed by atoms with E-state index in [4.69, 9.17) is 15.6 Å². The Labute approximate surface area is 111 Å². The number of rotatable bonds is 6. The van der Waals surface area contributed by atoms with Gasteiger partial charge in [0.2, 0.25) is 5.96 Å². The Kier molecular flexibility index (Phi) is 7.76. The van der Waals surface area contributed by atoms with Gasteiger partial charge in [-0.25, -0.2) is 10.8 Å². The monoisotopic (exact) mass is 256 g/mol. The molecule has 0 aromatic heterocycles. The van der Waals surface area contributed by atoms with Gasteiger partial charge in [-0.2, -0.15) is 0 Å². The molecular formula is C13H28N4O. The molecule has 5 heteroatoms. The standard InChI is InChI=1S/C13H28N4O/c1-3-17(10-11-18-4-2)13(16-14)15-12-8-6-5-7-9-12/h12H,3-11,14H2,1-2H3,(H,15,16). The SMILES string of the molecule is CCOCCN(CC)C(=NC1CCCCC1)NN. The zero-order valence-corrected chi connectivity index (χ0v) is 11.8. The third-order valence-corrected chi connectivity index (χ3v) is 3.40. The molecule has 0 heterocycles. The van der Waals surface area contributed by atoms with Crippen LogP contribution in [0.1, 0.15) is 46.0 Å². The molecule has 0 atom stereocenters. The Morgan fingerprint density at radius 1 is 1.33 bits per heavy atom. The third-order valence-electron chi connectivity index (χ3n) is 3.40. The molecule has 0 saturated heterocycles. The van der Waals surface area contributed by atoms with Crippen LogP contribution in [0.25, 0.3) is 0 Å². The number of nitrogens with two attached hydrogens (primary N) is 1. The molecule has 0 spiro atoms. The summed E-state index contributed by atoms with van der Waals surface area (Å²) in [5.74, 6) is 6.42. The minimum Gasteiger partial charge on any atom is -0.380 e. The number of hydrazine groups is 1. The van der Waals surface area contributed by atoms with Gasteiger partial charge in [0.15, 0.2) is 0 Å². The molecule has 0 radical (unpaired) electrons. The predicted octanol–water partition coefficient (Wildman–Crippen LogP) is 1.50. The van der Waals surface area contributed by atoms with Crippen molar-refractivity contribution in [2.45, 2.75) is 52.0 Å². The lowest BCUT2D eigenvalue weighted by molar-refractivity contribution is 0.132. The second-order valence-corrected chi connectivity index (χ2v) is 4.67. The van der Waals surface area contributed by atoms with Crippen molar-refractivity contribution in [2.75, 3.05) is 26.3 Å². The number of nitrogens with one attached hydrogen (secondary N) is 1. The van der Waals surface area contributed by atoms with Crippen LogP contribution in [0, 0.1) is 0 Å². The van der Waals surface area contributed by atoms with Gasteiger partial charge in [-0.3, -0.25) is 5.43 Å². The fourth-order valence-electron chi connectivity index (χ4n) is 2.33. The van der Waals surface area contributed by atoms with Crippen LogP contribution < -0.4 is 11.3 Å². The van der Waals surface area contributed by atoms with Crippen LogP contribution in [0.15, 0.2) is 4.99 Å². The van der Waals surface area contributed by atoms with Gasteiger partial charge in [-0.15, -0.1) is 0 Å². The highest BCUT2D eigenvalue weighted by Gasteiger charge is 2.15. The fraction of sp³-hybridized carbons (Fsp3) is 0.923. The second-order valence-electron chi connectivity index (χ2n) is 4.67. The van der Waals surface area contributed by atoms with Crippen molar-refractivity contribution in [2.24, 2.45) is 10.8 Å². The molecule has 1 saturated carbocycles. The summed E-state index contributed by atoms with van der Waals surface area (Å²) in [6, 6.07) is 0.436. The summed E-state index contributed by atoms with van der Waals surface area (Å²) in [6.45, 7) is 7.31. The number of likely N-dealkylation sites (N-methyl/N-ethyl adjacent to an activating group) is 1. The van der Waals surface area contributed by atoms with E-state index in [2.05, 4.69) is 17.2 Å². The summed E-state index contributed by atoms with van der Waals surface area (Å²) >= 11 is 0. The molecule has 0 amide bonds. The number of nitrogens with zero attached hydrogens (tertiary/aromatic N) is 2. The maximum absolute atomic E-state index is 5.61. The average molecular weight is 256 g/mol. The first-order valence-corrected chi connectivity index (χ1v) is 7.18. The summed E-state index contributed by atoms with van der Waals surface area (Å²) in [7, 11) is 0. The molecule has 1 aliphatic rings. The van der Waals surface area contributed by atoms with E-state index >= 15 is 0 Å². The first-order valence-electron chi connectivity index (χ1n) is 7.18. The van der Waals surface area contributed by atoms with Crippen LogP contribution in [-0.2, 0) is 4.74 Å². The maximum Gasteiger partial charge on any atom is 0.208 e. The number of hydrogen-bond donors (Lipinski definition) is 2. The van der Waals surface area contributed by atoms with Crippen LogP contribution in [-0.4, -0.2) is 43.2 Å². The van der Waals surface area contributed by atoms with Crippen LogP contribution in [0.2, 0.25) is 0 Å². The summed E-state index contributed by atoms with van der Waals surface area (Å²) in [6.07, 6.45) is 6.30. The lowest BCUT2D eigenvalue weighted by Crippen LogP contribution is -2.46. The zero-order valence-electron chi connectivity index (χ0n) is 11.8. The average Bonchev–Trinajstić information content (AvgIpc) is 2.43. The Balaban J connectivity index is 2.51. The van der Waals surface area contributed by atoms with Gasteiger partial charge < -0.3 is 9.64 Å². The molecule has 0 unspecified atom stereocenters. The van der Waals surface area contributed by atoms with Crippen molar-refractivity contribution in [3.63, 3.8) is 0 Å². The molecule has 3 N–H and O–H groups in total. The van der Waals surface area contributed by atoms with E-state index in [0.717, 1.165) is 32.3 Å². The fourth-order valence-corrected chi connectivity index (χ4v) is 2.33. The predicted molar refractivity (Wildman–Crippen MR) is 75.4 cm³/mol. The van der Waals surface area contributed by atoms with E-state index in [0.29, 0.717) is 6.04 Å². The van der Waals surface area contributed by atoms with Crippen LogP contribution >= 0.6 is 0 Å². The van der Waals surface area contributed by atoms with E-state index in [1.807, 2.05) is 6.92 Å². The van der Waals surface area contributed by atoms with E-state index in [-0.39, 0.29) is 0 Å². The van der Waals surface area contributed by atoms with Gasteiger partial charge in [-0.05, 0) is 26.7 Å². The van der Waals surface area contributed by atoms with Crippen molar-refractivity contribution < 1.29 is 4.74 Å². The van der Waals surface area contributed by atoms with Crippen LogP contribution in [0.3, 0.4) is 0 Å². The summed E-state index contributed by atoms with van der Waals surface area (Å²) in [5.41, 5.74) is 2.75. The van der Waals surface area contributed by atoms with Crippen LogP contribution in [0.5, 0.6) is 0 Å². The molecule has 0 aliphatic heterocycles. The van der Waals surface area contributed by atoms with Crippen molar-refractivity contribution in [3.8, 4) is 0 Å². The van der Waals surface area contributed by atoms with Crippen molar-refractivity contribution >= 4 is 5.96 Å². The Morgan fingerprint density at radius 3 is 2.61 bits per heavy atom. The van der Waals surface area contributed by atoms with Crippen LogP contribution in [0.4, 0.5) is 0 Å². The molecular weight excluding hydrogens is 228 g/mol. The molecule has 5 nitrogen and oxygen atoms in total. The number of ether oxygens (including phenoxy) is 1. The Bertz CT molecular complexity index is 239. The molecule has 0 aromatic rings. The molecule has 106 valence electrons. The van der Waals surface area contributed by atoms with E-state index in [1.165, 1.54) is 32.1 Å². The van der Waals surface area contributed by atoms with Gasteiger partial charge in [-0.1, -0.05) is 19.3 Å². The number of hydrogen-bond acceptors (Lipinski definition) is 3. The topological polar surface area (TPSA) is 62.9 Å².